The number of pyridine rings is 1. The number of H-pyrrole nitrogens is 1. The molecule has 23 heavy (non-hydrogen) atoms. The van der Waals surface area contributed by atoms with Crippen molar-refractivity contribution < 1.29 is 9.32 Å². The van der Waals surface area contributed by atoms with Crippen LogP contribution in [0.1, 0.15) is 39.8 Å². The molecule has 0 spiro atoms. The molecule has 4 heterocycles. The van der Waals surface area contributed by atoms with Crippen molar-refractivity contribution in [1.82, 2.24) is 25.2 Å². The van der Waals surface area contributed by atoms with Crippen molar-refractivity contribution in [3.8, 4) is 0 Å². The molecule has 3 aromatic heterocycles. The number of rotatable bonds is 2. The van der Waals surface area contributed by atoms with Gasteiger partial charge in [0.05, 0.1) is 16.6 Å². The van der Waals surface area contributed by atoms with Crippen molar-refractivity contribution in [3.05, 3.63) is 41.0 Å². The summed E-state index contributed by atoms with van der Waals surface area (Å²) in [5, 5.41) is 11.6. The number of carbonyl (C=O) groups excluding carboxylic acids is 1. The fraction of sp³-hybridized carbons (Fsp3) is 0.375. The molecule has 118 valence electrons. The number of hydrogen-bond acceptors (Lipinski definition) is 5. The van der Waals surface area contributed by atoms with Crippen LogP contribution < -0.4 is 0 Å². The van der Waals surface area contributed by atoms with Crippen LogP contribution in [0.4, 0.5) is 0 Å². The lowest BCUT2D eigenvalue weighted by Crippen LogP contribution is -2.28. The predicted molar refractivity (Wildman–Crippen MR) is 83.1 cm³/mol. The van der Waals surface area contributed by atoms with Gasteiger partial charge in [0.2, 0.25) is 0 Å². The van der Waals surface area contributed by atoms with Crippen molar-refractivity contribution in [2.45, 2.75) is 26.2 Å². The van der Waals surface area contributed by atoms with Gasteiger partial charge in [-0.25, -0.2) is 4.98 Å². The molecule has 1 aliphatic rings. The largest absolute Gasteiger partial charge is 0.338 e. The van der Waals surface area contributed by atoms with E-state index in [0.29, 0.717) is 34.8 Å². The van der Waals surface area contributed by atoms with Gasteiger partial charge in [-0.1, -0.05) is 5.16 Å². The molecular formula is C16H17N5O2. The Morgan fingerprint density at radius 3 is 3.09 bits per heavy atom. The molecule has 1 aliphatic heterocycles. The first-order chi connectivity index (χ1) is 11.1. The first kappa shape index (κ1) is 13.9. The van der Waals surface area contributed by atoms with Crippen LogP contribution in [0.5, 0.6) is 0 Å². The third-order valence-electron chi connectivity index (χ3n) is 4.41. The molecule has 3 aromatic rings. The molecule has 0 aromatic carbocycles. The highest BCUT2D eigenvalue weighted by Crippen LogP contribution is 2.29. The Kier molecular flexibility index (Phi) is 3.14. The van der Waals surface area contributed by atoms with Crippen molar-refractivity contribution in [2.24, 2.45) is 0 Å². The fourth-order valence-electron chi connectivity index (χ4n) is 3.25. The molecule has 0 aliphatic carbocycles. The number of hydrogen-bond donors (Lipinski definition) is 1. The highest BCUT2D eigenvalue weighted by atomic mass is 16.5. The second kappa shape index (κ2) is 5.19. The number of aromatic nitrogens is 4. The van der Waals surface area contributed by atoms with E-state index in [1.165, 1.54) is 0 Å². The maximum absolute atomic E-state index is 13.0. The van der Waals surface area contributed by atoms with Crippen LogP contribution in [0.15, 0.2) is 22.9 Å². The van der Waals surface area contributed by atoms with E-state index in [1.807, 2.05) is 30.9 Å². The molecule has 1 N–H and O–H groups in total. The Labute approximate surface area is 132 Å². The van der Waals surface area contributed by atoms with Gasteiger partial charge < -0.3 is 9.42 Å². The van der Waals surface area contributed by atoms with Gasteiger partial charge in [-0.3, -0.25) is 9.89 Å². The van der Waals surface area contributed by atoms with Crippen LogP contribution in [0.3, 0.4) is 0 Å². The van der Waals surface area contributed by atoms with Gasteiger partial charge in [-0.15, -0.1) is 0 Å². The molecule has 0 bridgehead atoms. The molecule has 0 saturated carbocycles. The van der Waals surface area contributed by atoms with Gasteiger partial charge in [0.25, 0.3) is 11.6 Å². The smallest absolute Gasteiger partial charge is 0.258 e. The number of aryl methyl sites for hydroxylation is 2. The summed E-state index contributed by atoms with van der Waals surface area (Å²) in [6.07, 6.45) is 2.68. The average Bonchev–Trinajstić information content (AvgIpc) is 3.26. The molecule has 7 heteroatoms. The lowest BCUT2D eigenvalue weighted by atomic mass is 10.1. The van der Waals surface area contributed by atoms with Gasteiger partial charge in [0, 0.05) is 36.6 Å². The number of likely N-dealkylation sites (tertiary alicyclic amines) is 1. The van der Waals surface area contributed by atoms with E-state index >= 15 is 0 Å². The van der Waals surface area contributed by atoms with Crippen molar-refractivity contribution >= 4 is 17.0 Å². The maximum Gasteiger partial charge on any atom is 0.258 e. The van der Waals surface area contributed by atoms with Gasteiger partial charge in [-0.2, -0.15) is 5.10 Å². The summed E-state index contributed by atoms with van der Waals surface area (Å²) < 4.78 is 5.22. The third kappa shape index (κ3) is 2.28. The van der Waals surface area contributed by atoms with E-state index in [2.05, 4.69) is 20.3 Å². The molecule has 7 nitrogen and oxygen atoms in total. The van der Waals surface area contributed by atoms with Gasteiger partial charge in [0.1, 0.15) is 0 Å². The highest BCUT2D eigenvalue weighted by molar-refractivity contribution is 6.06. The summed E-state index contributed by atoms with van der Waals surface area (Å²) in [5.74, 6) is 0.317. The van der Waals surface area contributed by atoms with Crippen LogP contribution in [-0.4, -0.2) is 44.2 Å². The summed E-state index contributed by atoms with van der Waals surface area (Å²) in [6.45, 7) is 5.10. The summed E-state index contributed by atoms with van der Waals surface area (Å²) in [4.78, 5) is 19.2. The zero-order chi connectivity index (χ0) is 16.0. The summed E-state index contributed by atoms with van der Waals surface area (Å²) in [7, 11) is 0. The monoisotopic (exact) mass is 311 g/mol. The van der Waals surface area contributed by atoms with Crippen LogP contribution in [-0.2, 0) is 0 Å². The quantitative estimate of drug-likeness (QED) is 0.784. The zero-order valence-corrected chi connectivity index (χ0v) is 13.0. The average molecular weight is 311 g/mol. The molecule has 1 unspecified atom stereocenters. The standard InChI is InChI=1S/C16H17N5O2/c1-9-7-12(14-10(2)20-23-15(14)18-9)16(22)21-6-4-11(8-21)13-3-5-17-19-13/h3,5,7,11H,4,6,8H2,1-2H3,(H,17,19). The van der Waals surface area contributed by atoms with Crippen molar-refractivity contribution in [3.63, 3.8) is 0 Å². The summed E-state index contributed by atoms with van der Waals surface area (Å²) in [6, 6.07) is 3.79. The maximum atomic E-state index is 13.0. The lowest BCUT2D eigenvalue weighted by molar-refractivity contribution is 0.0792. The number of carbonyl (C=O) groups is 1. The molecule has 1 amide bonds. The van der Waals surface area contributed by atoms with E-state index < -0.39 is 0 Å². The minimum absolute atomic E-state index is 0.00816. The van der Waals surface area contributed by atoms with Crippen LogP contribution in [0.25, 0.3) is 11.1 Å². The Bertz CT molecular complexity index is 868. The van der Waals surface area contributed by atoms with Crippen LogP contribution in [0, 0.1) is 13.8 Å². The van der Waals surface area contributed by atoms with Gasteiger partial charge >= 0.3 is 0 Å². The normalized spacial score (nSPS) is 18.0. The Morgan fingerprint density at radius 2 is 2.30 bits per heavy atom. The molecular weight excluding hydrogens is 294 g/mol. The number of fused-ring (bicyclic) bond motifs is 1. The Hall–Kier alpha value is -2.70. The van der Waals surface area contributed by atoms with E-state index in [9.17, 15) is 4.79 Å². The Balaban J connectivity index is 1.66. The van der Waals surface area contributed by atoms with Gasteiger partial charge in [0.15, 0.2) is 0 Å². The van der Waals surface area contributed by atoms with Crippen LogP contribution >= 0.6 is 0 Å². The van der Waals surface area contributed by atoms with E-state index in [4.69, 9.17) is 4.52 Å². The van der Waals surface area contributed by atoms with Crippen molar-refractivity contribution in [2.75, 3.05) is 13.1 Å². The molecule has 4 rings (SSSR count). The van der Waals surface area contributed by atoms with Gasteiger partial charge in [-0.05, 0) is 32.4 Å². The SMILES string of the molecule is Cc1cc(C(=O)N2CCC(c3ccn[nH]3)C2)c2c(C)noc2n1. The molecule has 1 atom stereocenters. The highest BCUT2D eigenvalue weighted by Gasteiger charge is 2.30. The third-order valence-corrected chi connectivity index (χ3v) is 4.41. The number of nitrogens with zero attached hydrogens (tertiary/aromatic N) is 4. The summed E-state index contributed by atoms with van der Waals surface area (Å²) in [5.41, 5.74) is 3.57. The Morgan fingerprint density at radius 1 is 1.43 bits per heavy atom. The fourth-order valence-corrected chi connectivity index (χ4v) is 3.25. The number of aromatic amines is 1. The predicted octanol–water partition coefficient (Wildman–Crippen LogP) is 2.19. The van der Waals surface area contributed by atoms with E-state index in [-0.39, 0.29) is 5.91 Å². The lowest BCUT2D eigenvalue weighted by Gasteiger charge is -2.17. The summed E-state index contributed by atoms with van der Waals surface area (Å²) >= 11 is 0. The minimum atomic E-state index is 0.00816. The number of nitrogens with one attached hydrogen (secondary N) is 1. The minimum Gasteiger partial charge on any atom is -0.338 e. The number of amides is 1. The second-order valence-electron chi connectivity index (χ2n) is 6.01. The first-order valence-corrected chi connectivity index (χ1v) is 7.65. The topological polar surface area (TPSA) is 87.9 Å². The zero-order valence-electron chi connectivity index (χ0n) is 13.0. The van der Waals surface area contributed by atoms with Crippen molar-refractivity contribution in [1.29, 1.82) is 0 Å². The second-order valence-corrected chi connectivity index (χ2v) is 6.01. The van der Waals surface area contributed by atoms with Crippen LogP contribution in [0.2, 0.25) is 0 Å². The first-order valence-electron chi connectivity index (χ1n) is 7.65. The molecule has 1 saturated heterocycles. The van der Waals surface area contributed by atoms with E-state index in [0.717, 1.165) is 24.4 Å². The molecule has 1 fully saturated rings. The van der Waals surface area contributed by atoms with E-state index in [1.54, 1.807) is 6.20 Å². The molecule has 0 radical (unpaired) electrons.